The molecule has 2 aromatic rings. The minimum atomic E-state index is -0.418. The van der Waals surface area contributed by atoms with Crippen molar-refractivity contribution >= 4 is 16.9 Å². The maximum atomic E-state index is 11.7. The van der Waals surface area contributed by atoms with Crippen LogP contribution in [0, 0.1) is 0 Å². The van der Waals surface area contributed by atoms with Crippen molar-refractivity contribution in [1.82, 2.24) is 5.32 Å². The number of rotatable bonds is 5. The van der Waals surface area contributed by atoms with E-state index in [2.05, 4.69) is 5.32 Å². The van der Waals surface area contributed by atoms with Gasteiger partial charge in [-0.25, -0.2) is 4.79 Å². The highest BCUT2D eigenvalue weighted by Gasteiger charge is 2.16. The maximum Gasteiger partial charge on any atom is 0.336 e. The molecule has 6 heteroatoms. The van der Waals surface area contributed by atoms with E-state index in [1.165, 1.54) is 6.07 Å². The van der Waals surface area contributed by atoms with Crippen LogP contribution in [0.5, 0.6) is 5.75 Å². The Morgan fingerprint density at radius 1 is 1.32 bits per heavy atom. The number of hydrogen-bond donors (Lipinski definition) is 1. The van der Waals surface area contributed by atoms with Gasteiger partial charge in [-0.05, 0) is 31.0 Å². The Hall–Kier alpha value is -2.34. The van der Waals surface area contributed by atoms with Gasteiger partial charge < -0.3 is 19.2 Å². The number of nitrogens with one attached hydrogen (secondary N) is 1. The van der Waals surface area contributed by atoms with Gasteiger partial charge in [0.05, 0.1) is 6.10 Å². The first-order valence-corrected chi connectivity index (χ1v) is 7.26. The van der Waals surface area contributed by atoms with Gasteiger partial charge in [0.25, 0.3) is 5.91 Å². The number of ether oxygens (including phenoxy) is 2. The lowest BCUT2D eigenvalue weighted by Gasteiger charge is -2.11. The van der Waals surface area contributed by atoms with Gasteiger partial charge in [0.1, 0.15) is 11.3 Å². The summed E-state index contributed by atoms with van der Waals surface area (Å²) in [4.78, 5) is 22.9. The Labute approximate surface area is 127 Å². The second kappa shape index (κ2) is 6.62. The Kier molecular flexibility index (Phi) is 4.39. The van der Waals surface area contributed by atoms with Gasteiger partial charge in [-0.15, -0.1) is 0 Å². The molecule has 2 heterocycles. The van der Waals surface area contributed by atoms with Crippen LogP contribution in [0.3, 0.4) is 0 Å². The van der Waals surface area contributed by atoms with Crippen molar-refractivity contribution in [2.75, 3.05) is 19.8 Å². The first-order valence-electron chi connectivity index (χ1n) is 7.26. The Morgan fingerprint density at radius 3 is 3.00 bits per heavy atom. The van der Waals surface area contributed by atoms with Gasteiger partial charge in [-0.3, -0.25) is 4.79 Å². The summed E-state index contributed by atoms with van der Waals surface area (Å²) in [5, 5.41) is 3.58. The van der Waals surface area contributed by atoms with E-state index in [9.17, 15) is 9.59 Å². The van der Waals surface area contributed by atoms with Crippen LogP contribution in [0.2, 0.25) is 0 Å². The minimum absolute atomic E-state index is 0.0880. The van der Waals surface area contributed by atoms with E-state index in [0.717, 1.165) is 24.8 Å². The lowest BCUT2D eigenvalue weighted by atomic mass is 10.2. The van der Waals surface area contributed by atoms with E-state index in [1.807, 2.05) is 0 Å². The van der Waals surface area contributed by atoms with E-state index >= 15 is 0 Å². The molecular weight excluding hydrogens is 286 g/mol. The summed E-state index contributed by atoms with van der Waals surface area (Å²) in [6, 6.07) is 8.15. The summed E-state index contributed by atoms with van der Waals surface area (Å²) in [6.45, 7) is 1.18. The van der Waals surface area contributed by atoms with E-state index < -0.39 is 5.63 Å². The second-order valence-electron chi connectivity index (χ2n) is 5.18. The first-order chi connectivity index (χ1) is 10.7. The molecule has 1 amide bonds. The molecule has 1 aliphatic heterocycles. The quantitative estimate of drug-likeness (QED) is 0.846. The summed E-state index contributed by atoms with van der Waals surface area (Å²) in [7, 11) is 0. The van der Waals surface area contributed by atoms with Crippen molar-refractivity contribution in [3.05, 3.63) is 40.8 Å². The lowest BCUT2D eigenvalue weighted by molar-refractivity contribution is -0.123. The van der Waals surface area contributed by atoms with Gasteiger partial charge >= 0.3 is 5.63 Å². The van der Waals surface area contributed by atoms with Crippen molar-refractivity contribution < 1.29 is 18.7 Å². The monoisotopic (exact) mass is 303 g/mol. The molecule has 1 aliphatic rings. The molecule has 1 atom stereocenters. The lowest BCUT2D eigenvalue weighted by Crippen LogP contribution is -2.35. The molecule has 0 unspecified atom stereocenters. The molecule has 6 nitrogen and oxygen atoms in total. The summed E-state index contributed by atoms with van der Waals surface area (Å²) in [5.41, 5.74) is 0.0173. The van der Waals surface area contributed by atoms with E-state index in [4.69, 9.17) is 13.9 Å². The van der Waals surface area contributed by atoms with E-state index in [1.54, 1.807) is 24.3 Å². The van der Waals surface area contributed by atoms with Gasteiger partial charge in [-0.2, -0.15) is 0 Å². The van der Waals surface area contributed by atoms with Crippen molar-refractivity contribution in [2.45, 2.75) is 18.9 Å². The number of hydrogen-bond acceptors (Lipinski definition) is 5. The minimum Gasteiger partial charge on any atom is -0.484 e. The molecule has 0 bridgehead atoms. The van der Waals surface area contributed by atoms with Crippen LogP contribution in [-0.4, -0.2) is 31.8 Å². The third-order valence-electron chi connectivity index (χ3n) is 3.52. The van der Waals surface area contributed by atoms with Crippen LogP contribution in [0.1, 0.15) is 12.8 Å². The molecule has 1 aromatic heterocycles. The molecule has 0 aliphatic carbocycles. The number of amides is 1. The largest absolute Gasteiger partial charge is 0.484 e. The first kappa shape index (κ1) is 14.6. The standard InChI is InChI=1S/C16H17NO5/c18-15(17-9-13-2-1-7-20-13)10-21-12-5-3-11-4-6-16(19)22-14(11)8-12/h3-6,8,13H,1-2,7,9-10H2,(H,17,18)/t13-/m1/s1. The number of fused-ring (bicyclic) bond motifs is 1. The predicted octanol–water partition coefficient (Wildman–Crippen LogP) is 1.47. The van der Waals surface area contributed by atoms with Crippen LogP contribution < -0.4 is 15.7 Å². The van der Waals surface area contributed by atoms with Crippen molar-refractivity contribution in [3.8, 4) is 5.75 Å². The molecule has 1 N–H and O–H groups in total. The molecule has 0 saturated carbocycles. The highest BCUT2D eigenvalue weighted by atomic mass is 16.5. The number of carbonyl (C=O) groups excluding carboxylic acids is 1. The molecule has 116 valence electrons. The van der Waals surface area contributed by atoms with Crippen LogP contribution in [-0.2, 0) is 9.53 Å². The third kappa shape index (κ3) is 3.65. The van der Waals surface area contributed by atoms with Crippen LogP contribution in [0.4, 0.5) is 0 Å². The van der Waals surface area contributed by atoms with E-state index in [-0.39, 0.29) is 18.6 Å². The maximum absolute atomic E-state index is 11.7. The fraction of sp³-hybridized carbons (Fsp3) is 0.375. The fourth-order valence-electron chi connectivity index (χ4n) is 2.36. The zero-order valence-corrected chi connectivity index (χ0v) is 12.0. The van der Waals surface area contributed by atoms with Crippen molar-refractivity contribution in [2.24, 2.45) is 0 Å². The smallest absolute Gasteiger partial charge is 0.336 e. The summed E-state index contributed by atoms with van der Waals surface area (Å²) in [5.74, 6) is 0.277. The molecule has 1 fully saturated rings. The van der Waals surface area contributed by atoms with Gasteiger partial charge in [0, 0.05) is 30.7 Å². The predicted molar refractivity (Wildman–Crippen MR) is 80.0 cm³/mol. The van der Waals surface area contributed by atoms with Gasteiger partial charge in [-0.1, -0.05) is 0 Å². The molecule has 0 radical (unpaired) electrons. The molecule has 22 heavy (non-hydrogen) atoms. The fourth-order valence-corrected chi connectivity index (χ4v) is 2.36. The topological polar surface area (TPSA) is 77.8 Å². The number of benzene rings is 1. The van der Waals surface area contributed by atoms with Crippen molar-refractivity contribution in [3.63, 3.8) is 0 Å². The molecule has 0 spiro atoms. The zero-order valence-electron chi connectivity index (χ0n) is 12.0. The van der Waals surface area contributed by atoms with Crippen LogP contribution >= 0.6 is 0 Å². The highest BCUT2D eigenvalue weighted by Crippen LogP contribution is 2.19. The molecule has 1 aromatic carbocycles. The molecule has 3 rings (SSSR count). The van der Waals surface area contributed by atoms with Crippen LogP contribution in [0.15, 0.2) is 39.5 Å². The average Bonchev–Trinajstić information content (AvgIpc) is 3.04. The average molecular weight is 303 g/mol. The van der Waals surface area contributed by atoms with Crippen molar-refractivity contribution in [1.29, 1.82) is 0 Å². The Morgan fingerprint density at radius 2 is 2.18 bits per heavy atom. The highest BCUT2D eigenvalue weighted by molar-refractivity contribution is 5.79. The Balaban J connectivity index is 1.54. The summed E-state index contributed by atoms with van der Waals surface area (Å²) >= 11 is 0. The summed E-state index contributed by atoms with van der Waals surface area (Å²) < 4.78 is 15.9. The third-order valence-corrected chi connectivity index (χ3v) is 3.52. The van der Waals surface area contributed by atoms with Gasteiger partial charge in [0.15, 0.2) is 6.61 Å². The molecular formula is C16H17NO5. The number of carbonyl (C=O) groups is 1. The Bertz CT molecular complexity index is 718. The SMILES string of the molecule is O=C(COc1ccc2ccc(=O)oc2c1)NC[C@H]1CCCO1. The second-order valence-corrected chi connectivity index (χ2v) is 5.18. The normalized spacial score (nSPS) is 17.5. The van der Waals surface area contributed by atoms with Crippen LogP contribution in [0.25, 0.3) is 11.0 Å². The zero-order chi connectivity index (χ0) is 15.4. The molecule has 1 saturated heterocycles. The summed E-state index contributed by atoms with van der Waals surface area (Å²) in [6.07, 6.45) is 2.13. The van der Waals surface area contributed by atoms with Gasteiger partial charge in [0.2, 0.25) is 0 Å². The van der Waals surface area contributed by atoms with E-state index in [0.29, 0.717) is 17.9 Å².